The minimum absolute atomic E-state index is 0.295. The zero-order chi connectivity index (χ0) is 18.8. The fourth-order valence-electron chi connectivity index (χ4n) is 2.50. The third kappa shape index (κ3) is 5.21. The maximum absolute atomic E-state index is 12.3. The second-order valence-corrected chi connectivity index (χ2v) is 5.47. The van der Waals surface area contributed by atoms with Crippen molar-refractivity contribution < 1.29 is 14.3 Å². The highest BCUT2D eigenvalue weighted by Crippen LogP contribution is 2.24. The number of ether oxygens (including phenoxy) is 2. The first-order valence-electron chi connectivity index (χ1n) is 8.69. The summed E-state index contributed by atoms with van der Waals surface area (Å²) in [5.41, 5.74) is 3.43. The molecule has 0 aromatic heterocycles. The molecule has 0 saturated carbocycles. The average molecular weight is 348 g/mol. The Labute approximate surface area is 155 Å². The van der Waals surface area contributed by atoms with Gasteiger partial charge in [0.2, 0.25) is 0 Å². The molecule has 0 heterocycles. The highest BCUT2D eigenvalue weighted by atomic mass is 16.5. The Kier molecular flexibility index (Phi) is 7.44. The van der Waals surface area contributed by atoms with Gasteiger partial charge in [0.05, 0.1) is 13.2 Å². The molecular weight excluding hydrogens is 324 g/mol. The molecule has 2 aromatic rings. The van der Waals surface area contributed by atoms with E-state index in [0.717, 1.165) is 16.7 Å². The normalized spacial score (nSPS) is 10.8. The molecule has 0 N–H and O–H groups in total. The van der Waals surface area contributed by atoms with E-state index in [1.165, 1.54) is 0 Å². The molecule has 0 amide bonds. The molecule has 0 aliphatic rings. The number of allylic oxidation sites excluding steroid dienone is 2. The van der Waals surface area contributed by atoms with Crippen LogP contribution in [0.1, 0.15) is 25.0 Å². The van der Waals surface area contributed by atoms with Crippen LogP contribution in [0.4, 0.5) is 0 Å². The smallest absolute Gasteiger partial charge is 0.341 e. The summed E-state index contributed by atoms with van der Waals surface area (Å²) in [6, 6.07) is 20.0. The minimum atomic E-state index is -0.442. The summed E-state index contributed by atoms with van der Waals surface area (Å²) in [6.07, 6.45) is 3.62. The molecule has 0 bridgehead atoms. The second-order valence-electron chi connectivity index (χ2n) is 5.47. The first kappa shape index (κ1) is 19.3. The highest BCUT2D eigenvalue weighted by molar-refractivity contribution is 5.93. The van der Waals surface area contributed by atoms with E-state index in [0.29, 0.717) is 24.5 Å². The SMILES string of the molecule is C=C(OCC)/C(=C/C=C(c1ccccc1)c1ccccc1)C(=O)OCC. The molecule has 0 unspecified atom stereocenters. The molecule has 26 heavy (non-hydrogen) atoms. The van der Waals surface area contributed by atoms with Crippen LogP contribution in [0.15, 0.2) is 90.7 Å². The molecule has 0 radical (unpaired) electrons. The van der Waals surface area contributed by atoms with Gasteiger partial charge in [-0.25, -0.2) is 4.79 Å². The molecule has 2 aromatic carbocycles. The molecule has 134 valence electrons. The number of rotatable bonds is 8. The number of hydrogen-bond donors (Lipinski definition) is 0. The van der Waals surface area contributed by atoms with Crippen LogP contribution in [0.3, 0.4) is 0 Å². The second kappa shape index (κ2) is 10.0. The van der Waals surface area contributed by atoms with E-state index in [1.807, 2.05) is 73.7 Å². The lowest BCUT2D eigenvalue weighted by atomic mass is 9.97. The molecule has 0 aliphatic carbocycles. The third-order valence-electron chi connectivity index (χ3n) is 3.70. The van der Waals surface area contributed by atoms with Crippen LogP contribution in [0, 0.1) is 0 Å². The van der Waals surface area contributed by atoms with E-state index in [1.54, 1.807) is 13.0 Å². The Balaban J connectivity index is 2.50. The topological polar surface area (TPSA) is 35.5 Å². The van der Waals surface area contributed by atoms with Gasteiger partial charge in [-0.1, -0.05) is 73.3 Å². The van der Waals surface area contributed by atoms with E-state index in [9.17, 15) is 4.79 Å². The minimum Gasteiger partial charge on any atom is -0.494 e. The zero-order valence-corrected chi connectivity index (χ0v) is 15.3. The van der Waals surface area contributed by atoms with E-state index in [4.69, 9.17) is 9.47 Å². The van der Waals surface area contributed by atoms with Crippen LogP contribution in [0.2, 0.25) is 0 Å². The number of carbonyl (C=O) groups is 1. The van der Waals surface area contributed by atoms with Gasteiger partial charge in [0.1, 0.15) is 11.3 Å². The van der Waals surface area contributed by atoms with Crippen molar-refractivity contribution in [1.82, 2.24) is 0 Å². The Morgan fingerprint density at radius 1 is 0.846 bits per heavy atom. The quantitative estimate of drug-likeness (QED) is 0.286. The van der Waals surface area contributed by atoms with Gasteiger partial charge in [-0.15, -0.1) is 0 Å². The Bertz CT molecular complexity index is 725. The molecule has 3 nitrogen and oxygen atoms in total. The van der Waals surface area contributed by atoms with Crippen molar-refractivity contribution in [2.45, 2.75) is 13.8 Å². The lowest BCUT2D eigenvalue weighted by Crippen LogP contribution is -2.11. The first-order chi connectivity index (χ1) is 12.7. The fraction of sp³-hybridized carbons (Fsp3) is 0.174. The average Bonchev–Trinajstić information content (AvgIpc) is 2.67. The Morgan fingerprint density at radius 2 is 1.35 bits per heavy atom. The van der Waals surface area contributed by atoms with Crippen LogP contribution >= 0.6 is 0 Å². The predicted molar refractivity (Wildman–Crippen MR) is 105 cm³/mol. The summed E-state index contributed by atoms with van der Waals surface area (Å²) in [5, 5.41) is 0. The molecule has 0 fully saturated rings. The molecule has 0 spiro atoms. The lowest BCUT2D eigenvalue weighted by molar-refractivity contribution is -0.138. The maximum atomic E-state index is 12.3. The Hall–Kier alpha value is -3.07. The third-order valence-corrected chi connectivity index (χ3v) is 3.70. The first-order valence-corrected chi connectivity index (χ1v) is 8.69. The highest BCUT2D eigenvalue weighted by Gasteiger charge is 2.15. The molecule has 3 heteroatoms. The number of hydrogen-bond acceptors (Lipinski definition) is 3. The van der Waals surface area contributed by atoms with Gasteiger partial charge in [0.25, 0.3) is 0 Å². The number of carbonyl (C=O) groups excluding carboxylic acids is 1. The lowest BCUT2D eigenvalue weighted by Gasteiger charge is -2.11. The Morgan fingerprint density at radius 3 is 1.81 bits per heavy atom. The van der Waals surface area contributed by atoms with Crippen molar-refractivity contribution in [2.24, 2.45) is 0 Å². The molecule has 2 rings (SSSR count). The van der Waals surface area contributed by atoms with Gasteiger partial charge in [0.15, 0.2) is 0 Å². The van der Waals surface area contributed by atoms with Gasteiger partial charge in [-0.2, -0.15) is 0 Å². The van der Waals surface area contributed by atoms with E-state index < -0.39 is 5.97 Å². The summed E-state index contributed by atoms with van der Waals surface area (Å²) >= 11 is 0. The van der Waals surface area contributed by atoms with Crippen molar-refractivity contribution >= 4 is 11.5 Å². The van der Waals surface area contributed by atoms with Crippen molar-refractivity contribution in [2.75, 3.05) is 13.2 Å². The van der Waals surface area contributed by atoms with Crippen LogP contribution < -0.4 is 0 Å². The standard InChI is InChI=1S/C23H24O3/c1-4-25-18(3)21(23(24)26-5-2)16-17-22(19-12-8-6-9-13-19)20-14-10-7-11-15-20/h6-17H,3-5H2,1-2H3/b21-16-. The summed E-state index contributed by atoms with van der Waals surface area (Å²) in [6.45, 7) is 8.20. The molecule has 0 saturated heterocycles. The van der Waals surface area contributed by atoms with Crippen LogP contribution in [-0.4, -0.2) is 19.2 Å². The van der Waals surface area contributed by atoms with E-state index >= 15 is 0 Å². The van der Waals surface area contributed by atoms with Gasteiger partial charge < -0.3 is 9.47 Å². The summed E-state index contributed by atoms with van der Waals surface area (Å²) in [5.74, 6) is -0.134. The summed E-state index contributed by atoms with van der Waals surface area (Å²) in [4.78, 5) is 12.3. The number of esters is 1. The molecular formula is C23H24O3. The van der Waals surface area contributed by atoms with Crippen LogP contribution in [0.5, 0.6) is 0 Å². The zero-order valence-electron chi connectivity index (χ0n) is 15.3. The number of benzene rings is 2. The monoisotopic (exact) mass is 348 g/mol. The fourth-order valence-corrected chi connectivity index (χ4v) is 2.50. The van der Waals surface area contributed by atoms with E-state index in [2.05, 4.69) is 6.58 Å². The van der Waals surface area contributed by atoms with Crippen molar-refractivity contribution in [1.29, 1.82) is 0 Å². The van der Waals surface area contributed by atoms with Gasteiger partial charge in [-0.3, -0.25) is 0 Å². The van der Waals surface area contributed by atoms with Gasteiger partial charge in [-0.05, 0) is 36.6 Å². The van der Waals surface area contributed by atoms with Crippen LogP contribution in [0.25, 0.3) is 5.57 Å². The van der Waals surface area contributed by atoms with Gasteiger partial charge >= 0.3 is 5.97 Å². The largest absolute Gasteiger partial charge is 0.494 e. The van der Waals surface area contributed by atoms with Crippen LogP contribution in [-0.2, 0) is 14.3 Å². The maximum Gasteiger partial charge on any atom is 0.341 e. The summed E-state index contributed by atoms with van der Waals surface area (Å²) in [7, 11) is 0. The predicted octanol–water partition coefficient (Wildman–Crippen LogP) is 5.16. The molecule has 0 aliphatic heterocycles. The van der Waals surface area contributed by atoms with E-state index in [-0.39, 0.29) is 0 Å². The van der Waals surface area contributed by atoms with Crippen molar-refractivity contribution in [3.63, 3.8) is 0 Å². The summed E-state index contributed by atoms with van der Waals surface area (Å²) < 4.78 is 10.6. The van der Waals surface area contributed by atoms with Crippen molar-refractivity contribution in [3.05, 3.63) is 102 Å². The van der Waals surface area contributed by atoms with Gasteiger partial charge in [0, 0.05) is 0 Å². The molecule has 0 atom stereocenters. The van der Waals surface area contributed by atoms with Crippen molar-refractivity contribution in [3.8, 4) is 0 Å².